The maximum Gasteiger partial charge on any atom is 0.326 e. The first-order valence-electron chi connectivity index (χ1n) is 15.1. The van der Waals surface area contributed by atoms with E-state index in [1.807, 2.05) is 96.4 Å². The number of nitrogens with zero attached hydrogens (tertiary/aromatic N) is 4. The Labute approximate surface area is 258 Å². The van der Waals surface area contributed by atoms with Crippen LogP contribution in [0, 0.1) is 0 Å². The minimum absolute atomic E-state index is 0.0237. The van der Waals surface area contributed by atoms with Crippen molar-refractivity contribution < 1.29 is 9.53 Å². The van der Waals surface area contributed by atoms with E-state index in [9.17, 15) is 4.79 Å². The van der Waals surface area contributed by atoms with Gasteiger partial charge < -0.3 is 14.5 Å². The second kappa shape index (κ2) is 12.7. The average Bonchev–Trinajstić information content (AvgIpc) is 3.67. The summed E-state index contributed by atoms with van der Waals surface area (Å²) in [5, 5.41) is 1.31. The predicted molar refractivity (Wildman–Crippen MR) is 170 cm³/mol. The van der Waals surface area contributed by atoms with Crippen molar-refractivity contribution in [3.8, 4) is 5.75 Å². The van der Waals surface area contributed by atoms with Gasteiger partial charge in [-0.1, -0.05) is 59.6 Å². The summed E-state index contributed by atoms with van der Waals surface area (Å²) in [5.74, 6) is 1.33. The number of para-hydroxylation sites is 1. The third kappa shape index (κ3) is 6.03. The van der Waals surface area contributed by atoms with Crippen LogP contribution in [0.25, 0.3) is 0 Å². The largest absolute Gasteiger partial charge is 0.490 e. The van der Waals surface area contributed by atoms with Crippen molar-refractivity contribution >= 4 is 35.1 Å². The van der Waals surface area contributed by atoms with Crippen LogP contribution in [-0.2, 0) is 0 Å². The Morgan fingerprint density at radius 2 is 1.43 bits per heavy atom. The summed E-state index contributed by atoms with van der Waals surface area (Å²) in [6, 6.07) is 23.3. The maximum absolute atomic E-state index is 14.7. The van der Waals surface area contributed by atoms with Gasteiger partial charge in [-0.2, -0.15) is 0 Å². The number of hydrogen-bond acceptors (Lipinski definition) is 4. The van der Waals surface area contributed by atoms with Gasteiger partial charge >= 0.3 is 6.03 Å². The van der Waals surface area contributed by atoms with Crippen molar-refractivity contribution in [2.45, 2.75) is 63.8 Å². The molecule has 6 rings (SSSR count). The molecule has 2 atom stereocenters. The summed E-state index contributed by atoms with van der Waals surface area (Å²) in [4.78, 5) is 26.5. The smallest absolute Gasteiger partial charge is 0.326 e. The summed E-state index contributed by atoms with van der Waals surface area (Å²) in [5.41, 5.74) is 2.77. The molecule has 0 unspecified atom stereocenters. The first kappa shape index (κ1) is 29.0. The van der Waals surface area contributed by atoms with Crippen molar-refractivity contribution in [3.05, 3.63) is 99.5 Å². The fourth-order valence-corrected chi connectivity index (χ4v) is 6.80. The first-order chi connectivity index (χ1) is 20.4. The number of urea groups is 1. The van der Waals surface area contributed by atoms with Gasteiger partial charge in [0, 0.05) is 29.2 Å². The molecule has 8 heteroatoms. The van der Waals surface area contributed by atoms with Gasteiger partial charge in [-0.25, -0.2) is 4.79 Å². The lowest BCUT2D eigenvalue weighted by atomic mass is 9.93. The molecule has 220 valence electrons. The minimum Gasteiger partial charge on any atom is -0.490 e. The molecule has 0 bridgehead atoms. The number of halogens is 2. The quantitative estimate of drug-likeness (QED) is 0.286. The molecule has 3 aliphatic rings. The van der Waals surface area contributed by atoms with Crippen molar-refractivity contribution in [3.63, 3.8) is 0 Å². The molecule has 2 amide bonds. The molecule has 0 spiro atoms. The van der Waals surface area contributed by atoms with E-state index >= 15 is 0 Å². The molecule has 0 N–H and O–H groups in total. The van der Waals surface area contributed by atoms with E-state index in [2.05, 4.69) is 4.90 Å². The van der Waals surface area contributed by atoms with Crippen LogP contribution in [0.2, 0.25) is 10.0 Å². The van der Waals surface area contributed by atoms with Gasteiger partial charge in [-0.15, -0.1) is 0 Å². The average molecular weight is 606 g/mol. The molecular formula is C34H38Cl2N4O2. The summed E-state index contributed by atoms with van der Waals surface area (Å²) in [7, 11) is 0. The molecule has 0 aromatic heterocycles. The first-order valence-corrected chi connectivity index (χ1v) is 15.8. The van der Waals surface area contributed by atoms with E-state index in [1.165, 1.54) is 25.9 Å². The Bertz CT molecular complexity index is 1410. The number of amides is 2. The summed E-state index contributed by atoms with van der Waals surface area (Å²) >= 11 is 12.6. The lowest BCUT2D eigenvalue weighted by molar-refractivity contribution is 0.117. The van der Waals surface area contributed by atoms with Crippen LogP contribution in [0.5, 0.6) is 5.75 Å². The number of amidine groups is 1. The molecule has 2 saturated heterocycles. The summed E-state index contributed by atoms with van der Waals surface area (Å²) in [6.07, 6.45) is 4.51. The highest BCUT2D eigenvalue weighted by Crippen LogP contribution is 2.45. The highest BCUT2D eigenvalue weighted by Gasteiger charge is 2.45. The van der Waals surface area contributed by atoms with Crippen LogP contribution < -0.4 is 4.74 Å². The van der Waals surface area contributed by atoms with Gasteiger partial charge in [0.15, 0.2) is 0 Å². The molecule has 0 saturated carbocycles. The number of carbonyl (C=O) groups is 1. The Morgan fingerprint density at radius 3 is 2.05 bits per heavy atom. The summed E-state index contributed by atoms with van der Waals surface area (Å²) in [6.45, 7) is 7.83. The van der Waals surface area contributed by atoms with Gasteiger partial charge in [0.2, 0.25) is 0 Å². The van der Waals surface area contributed by atoms with E-state index in [1.54, 1.807) is 0 Å². The third-order valence-corrected chi connectivity index (χ3v) is 9.08. The fraction of sp³-hybridized carbons (Fsp3) is 0.412. The number of carbonyl (C=O) groups excluding carboxylic acids is 1. The molecule has 3 aromatic carbocycles. The van der Waals surface area contributed by atoms with Crippen molar-refractivity contribution in [2.75, 3.05) is 26.2 Å². The Hall–Kier alpha value is -3.06. The van der Waals surface area contributed by atoms with Crippen LogP contribution in [0.3, 0.4) is 0 Å². The standard InChI is InChI=1S/C34H38Cl2N4O2/c1-23(2)42-30-8-4-3-7-29(30)33-37-31(24-9-13-26(35)14-10-24)32(25-11-15-27(36)16-12-25)40(33)34(41)39-21-17-28(18-22-39)38-19-5-6-20-38/h3-4,7-16,23,28,31-32H,5-6,17-22H2,1-2H3/t31-,32+/m1/s1. The van der Waals surface area contributed by atoms with E-state index in [0.29, 0.717) is 27.7 Å². The number of aliphatic imine (C=N–C) groups is 1. The number of hydrogen-bond donors (Lipinski definition) is 0. The number of ether oxygens (including phenoxy) is 1. The van der Waals surface area contributed by atoms with E-state index in [4.69, 9.17) is 32.9 Å². The van der Waals surface area contributed by atoms with Gasteiger partial charge in [0.1, 0.15) is 17.6 Å². The van der Waals surface area contributed by atoms with Crippen molar-refractivity contribution in [1.82, 2.24) is 14.7 Å². The maximum atomic E-state index is 14.7. The Kier molecular flexibility index (Phi) is 8.75. The molecule has 42 heavy (non-hydrogen) atoms. The molecular weight excluding hydrogens is 567 g/mol. The van der Waals surface area contributed by atoms with E-state index in [-0.39, 0.29) is 24.2 Å². The molecule has 3 aliphatic heterocycles. The monoisotopic (exact) mass is 604 g/mol. The molecule has 3 heterocycles. The van der Waals surface area contributed by atoms with Gasteiger partial charge in [-0.3, -0.25) is 9.89 Å². The molecule has 0 aliphatic carbocycles. The van der Waals surface area contributed by atoms with Gasteiger partial charge in [0.25, 0.3) is 0 Å². The highest BCUT2D eigenvalue weighted by atomic mass is 35.5. The zero-order valence-corrected chi connectivity index (χ0v) is 25.8. The SMILES string of the molecule is CC(C)Oc1ccccc1C1=N[C@H](c2ccc(Cl)cc2)[C@H](c2ccc(Cl)cc2)N1C(=O)N1CCC(N2CCCC2)CC1. The van der Waals surface area contributed by atoms with Crippen molar-refractivity contribution in [1.29, 1.82) is 0 Å². The highest BCUT2D eigenvalue weighted by molar-refractivity contribution is 6.30. The second-order valence-electron chi connectivity index (χ2n) is 11.7. The lowest BCUT2D eigenvalue weighted by Gasteiger charge is -2.40. The molecule has 3 aromatic rings. The van der Waals surface area contributed by atoms with Gasteiger partial charge in [-0.05, 0) is 100 Å². The van der Waals surface area contributed by atoms with E-state index in [0.717, 1.165) is 42.6 Å². The van der Waals surface area contributed by atoms with E-state index < -0.39 is 0 Å². The van der Waals surface area contributed by atoms with Crippen LogP contribution in [-0.4, -0.2) is 64.9 Å². The fourth-order valence-electron chi connectivity index (χ4n) is 6.54. The van der Waals surface area contributed by atoms with Gasteiger partial charge in [0.05, 0.1) is 17.7 Å². The molecule has 6 nitrogen and oxygen atoms in total. The molecule has 2 fully saturated rings. The number of piperidine rings is 1. The lowest BCUT2D eigenvalue weighted by Crippen LogP contribution is -2.52. The number of rotatable bonds is 6. The Morgan fingerprint density at radius 1 is 0.833 bits per heavy atom. The minimum atomic E-state index is -0.366. The second-order valence-corrected chi connectivity index (χ2v) is 12.6. The predicted octanol–water partition coefficient (Wildman–Crippen LogP) is 8.01. The number of likely N-dealkylation sites (tertiary alicyclic amines) is 2. The zero-order valence-electron chi connectivity index (χ0n) is 24.3. The third-order valence-electron chi connectivity index (χ3n) is 8.58. The van der Waals surface area contributed by atoms with Crippen LogP contribution in [0.15, 0.2) is 77.8 Å². The Balaban J connectivity index is 1.42. The van der Waals surface area contributed by atoms with Crippen molar-refractivity contribution in [2.24, 2.45) is 4.99 Å². The summed E-state index contributed by atoms with van der Waals surface area (Å²) < 4.78 is 6.24. The van der Waals surface area contributed by atoms with Crippen LogP contribution in [0.4, 0.5) is 4.79 Å². The van der Waals surface area contributed by atoms with Crippen LogP contribution in [0.1, 0.15) is 68.3 Å². The number of benzene rings is 3. The topological polar surface area (TPSA) is 48.4 Å². The van der Waals surface area contributed by atoms with Crippen LogP contribution >= 0.6 is 23.2 Å². The zero-order chi connectivity index (χ0) is 29.2. The normalized spacial score (nSPS) is 21.7. The molecule has 0 radical (unpaired) electrons.